The molecular weight excluding hydrogens is 361 g/mol. The fourth-order valence-corrected chi connectivity index (χ4v) is 2.78. The number of hydrogen-bond donors (Lipinski definition) is 1. The highest BCUT2D eigenvalue weighted by molar-refractivity contribution is 6.31. The quantitative estimate of drug-likeness (QED) is 0.557. The molecule has 130 valence electrons. The first-order chi connectivity index (χ1) is 12.5. The number of aryl methyl sites for hydroxylation is 1. The first kappa shape index (κ1) is 16.3. The number of nitrogens with zero attached hydrogens (tertiary/aromatic N) is 2. The number of halogens is 2. The van der Waals surface area contributed by atoms with E-state index in [0.717, 1.165) is 0 Å². The maximum absolute atomic E-state index is 13.9. The van der Waals surface area contributed by atoms with E-state index in [1.54, 1.807) is 25.1 Å². The number of carbonyl (C=O) groups excluding carboxylic acids is 1. The Balaban J connectivity index is 1.82. The van der Waals surface area contributed by atoms with Crippen molar-refractivity contribution < 1.29 is 18.1 Å². The molecule has 4 rings (SSSR count). The topological polar surface area (TPSA) is 81.2 Å². The van der Waals surface area contributed by atoms with E-state index in [9.17, 15) is 9.18 Å². The zero-order valence-corrected chi connectivity index (χ0v) is 14.2. The van der Waals surface area contributed by atoms with E-state index in [1.165, 1.54) is 24.5 Å². The summed E-state index contributed by atoms with van der Waals surface area (Å²) in [6, 6.07) is 8.86. The molecule has 1 aromatic carbocycles. The molecule has 0 unspecified atom stereocenters. The summed E-state index contributed by atoms with van der Waals surface area (Å²) < 4.78 is 24.5. The summed E-state index contributed by atoms with van der Waals surface area (Å²) in [5.74, 6) is -0.678. The van der Waals surface area contributed by atoms with Crippen molar-refractivity contribution in [1.82, 2.24) is 10.1 Å². The van der Waals surface area contributed by atoms with Crippen LogP contribution in [0.5, 0.6) is 0 Å². The van der Waals surface area contributed by atoms with Crippen molar-refractivity contribution in [3.05, 3.63) is 64.8 Å². The Hall–Kier alpha value is -3.19. The van der Waals surface area contributed by atoms with Gasteiger partial charge in [-0.2, -0.15) is 0 Å². The van der Waals surface area contributed by atoms with Gasteiger partial charge in [-0.3, -0.25) is 4.79 Å². The van der Waals surface area contributed by atoms with Gasteiger partial charge in [0.1, 0.15) is 11.5 Å². The number of carbonyl (C=O) groups is 1. The molecular formula is C18H11ClFN3O3. The van der Waals surface area contributed by atoms with Crippen LogP contribution in [0.3, 0.4) is 0 Å². The van der Waals surface area contributed by atoms with Crippen LogP contribution in [0.1, 0.15) is 16.1 Å². The lowest BCUT2D eigenvalue weighted by molar-refractivity contribution is 0.102. The summed E-state index contributed by atoms with van der Waals surface area (Å²) in [6.45, 7) is 1.69. The third-order valence-corrected chi connectivity index (χ3v) is 4.05. The monoisotopic (exact) mass is 371 g/mol. The van der Waals surface area contributed by atoms with Crippen LogP contribution in [0.25, 0.3) is 22.6 Å². The molecule has 3 aromatic heterocycles. The number of fused-ring (bicyclic) bond motifs is 1. The number of aromatic nitrogens is 2. The fourth-order valence-electron chi connectivity index (χ4n) is 2.61. The van der Waals surface area contributed by atoms with Crippen LogP contribution in [0, 0.1) is 12.7 Å². The Labute approximate surface area is 151 Å². The number of benzene rings is 1. The third kappa shape index (κ3) is 2.82. The van der Waals surface area contributed by atoms with Crippen LogP contribution in [-0.2, 0) is 0 Å². The van der Waals surface area contributed by atoms with Crippen molar-refractivity contribution in [1.29, 1.82) is 0 Å². The van der Waals surface area contributed by atoms with Gasteiger partial charge in [-0.1, -0.05) is 16.8 Å². The van der Waals surface area contributed by atoms with Gasteiger partial charge in [-0.25, -0.2) is 9.37 Å². The summed E-state index contributed by atoms with van der Waals surface area (Å²) >= 11 is 5.88. The van der Waals surface area contributed by atoms with Gasteiger partial charge in [-0.15, -0.1) is 0 Å². The Morgan fingerprint density at radius 1 is 1.27 bits per heavy atom. The Morgan fingerprint density at radius 3 is 2.88 bits per heavy atom. The Bertz CT molecular complexity index is 1120. The highest BCUT2D eigenvalue weighted by Gasteiger charge is 2.21. The lowest BCUT2D eigenvalue weighted by atomic mass is 10.1. The number of rotatable bonds is 3. The van der Waals surface area contributed by atoms with Crippen LogP contribution in [-0.4, -0.2) is 16.0 Å². The molecule has 0 saturated heterocycles. The van der Waals surface area contributed by atoms with Gasteiger partial charge in [-0.05, 0) is 43.3 Å². The molecule has 4 aromatic rings. The number of hydrogen-bond acceptors (Lipinski definition) is 5. The highest BCUT2D eigenvalue weighted by Crippen LogP contribution is 2.28. The smallest absolute Gasteiger partial charge is 0.259 e. The van der Waals surface area contributed by atoms with Crippen molar-refractivity contribution in [2.75, 3.05) is 5.32 Å². The maximum Gasteiger partial charge on any atom is 0.259 e. The summed E-state index contributed by atoms with van der Waals surface area (Å²) in [5.41, 5.74) is 1.29. The van der Waals surface area contributed by atoms with Crippen molar-refractivity contribution in [2.45, 2.75) is 6.92 Å². The number of anilines is 1. The largest absolute Gasteiger partial charge is 0.463 e. The van der Waals surface area contributed by atoms with Crippen molar-refractivity contribution >= 4 is 34.3 Å². The highest BCUT2D eigenvalue weighted by atomic mass is 35.5. The minimum atomic E-state index is -0.596. The lowest BCUT2D eigenvalue weighted by Gasteiger charge is -2.08. The predicted molar refractivity (Wildman–Crippen MR) is 93.6 cm³/mol. The van der Waals surface area contributed by atoms with Crippen LogP contribution in [0.4, 0.5) is 10.1 Å². The fraction of sp³-hybridized carbons (Fsp3) is 0.0556. The molecule has 0 aliphatic carbocycles. The van der Waals surface area contributed by atoms with E-state index in [-0.39, 0.29) is 17.0 Å². The average molecular weight is 372 g/mol. The number of pyridine rings is 1. The lowest BCUT2D eigenvalue weighted by Crippen LogP contribution is -2.14. The van der Waals surface area contributed by atoms with Gasteiger partial charge >= 0.3 is 0 Å². The molecule has 26 heavy (non-hydrogen) atoms. The van der Waals surface area contributed by atoms with Gasteiger partial charge < -0.3 is 14.3 Å². The summed E-state index contributed by atoms with van der Waals surface area (Å²) in [7, 11) is 0. The summed E-state index contributed by atoms with van der Waals surface area (Å²) in [6.07, 6.45) is 1.49. The summed E-state index contributed by atoms with van der Waals surface area (Å²) in [5, 5.41) is 7.13. The second-order valence-corrected chi connectivity index (χ2v) is 6.00. The van der Waals surface area contributed by atoms with Crippen LogP contribution >= 0.6 is 11.6 Å². The molecule has 0 aliphatic heterocycles. The van der Waals surface area contributed by atoms with Gasteiger partial charge in [0.15, 0.2) is 5.76 Å². The molecule has 6 nitrogen and oxygen atoms in total. The molecule has 0 aliphatic rings. The van der Waals surface area contributed by atoms with Gasteiger partial charge in [0, 0.05) is 5.02 Å². The van der Waals surface area contributed by atoms with E-state index < -0.39 is 11.7 Å². The molecule has 0 radical (unpaired) electrons. The van der Waals surface area contributed by atoms with E-state index in [2.05, 4.69) is 15.5 Å². The summed E-state index contributed by atoms with van der Waals surface area (Å²) in [4.78, 5) is 17.1. The van der Waals surface area contributed by atoms with Gasteiger partial charge in [0.2, 0.25) is 0 Å². The number of nitrogens with one attached hydrogen (secondary N) is 1. The maximum atomic E-state index is 13.9. The zero-order valence-electron chi connectivity index (χ0n) is 13.4. The minimum absolute atomic E-state index is 0.0267. The molecule has 0 atom stereocenters. The number of amides is 1. The molecule has 0 bridgehead atoms. The normalized spacial score (nSPS) is 11.0. The first-order valence-corrected chi connectivity index (χ1v) is 7.98. The molecule has 0 fully saturated rings. The van der Waals surface area contributed by atoms with Crippen molar-refractivity contribution in [2.24, 2.45) is 0 Å². The first-order valence-electron chi connectivity index (χ1n) is 7.60. The molecule has 3 heterocycles. The van der Waals surface area contributed by atoms with Crippen LogP contribution in [0.15, 0.2) is 51.6 Å². The Morgan fingerprint density at radius 2 is 2.12 bits per heavy atom. The van der Waals surface area contributed by atoms with E-state index in [4.69, 9.17) is 20.5 Å². The standard InChI is InChI=1S/C18H11ClFN3O3/c1-9-16-11(17(24)21-13-7-10(19)4-5-12(13)20)8-14(15-3-2-6-25-15)22-18(16)26-23-9/h2-8H,1H3,(H,21,24). The van der Waals surface area contributed by atoms with Gasteiger partial charge in [0.05, 0.1) is 28.6 Å². The van der Waals surface area contributed by atoms with Gasteiger partial charge in [0.25, 0.3) is 11.6 Å². The molecule has 0 saturated carbocycles. The minimum Gasteiger partial charge on any atom is -0.463 e. The molecule has 1 amide bonds. The molecule has 8 heteroatoms. The number of furan rings is 1. The van der Waals surface area contributed by atoms with E-state index >= 15 is 0 Å². The average Bonchev–Trinajstić information content (AvgIpc) is 3.28. The zero-order chi connectivity index (χ0) is 18.3. The SMILES string of the molecule is Cc1noc2nc(-c3ccco3)cc(C(=O)Nc3cc(Cl)ccc3F)c12. The van der Waals surface area contributed by atoms with Crippen LogP contribution < -0.4 is 5.32 Å². The Kier molecular flexibility index (Phi) is 3.93. The second-order valence-electron chi connectivity index (χ2n) is 5.56. The van der Waals surface area contributed by atoms with Crippen LogP contribution in [0.2, 0.25) is 5.02 Å². The second kappa shape index (κ2) is 6.27. The van der Waals surface area contributed by atoms with E-state index in [0.29, 0.717) is 27.6 Å². The molecule has 0 spiro atoms. The van der Waals surface area contributed by atoms with Crippen molar-refractivity contribution in [3.8, 4) is 11.5 Å². The van der Waals surface area contributed by atoms with Crippen molar-refractivity contribution in [3.63, 3.8) is 0 Å². The van der Waals surface area contributed by atoms with E-state index in [1.807, 2.05) is 0 Å². The predicted octanol–water partition coefficient (Wildman–Crippen LogP) is 4.84. The molecule has 1 N–H and O–H groups in total. The third-order valence-electron chi connectivity index (χ3n) is 3.81.